The van der Waals surface area contributed by atoms with Crippen LogP contribution in [0.25, 0.3) is 11.3 Å². The molecule has 0 bridgehead atoms. The van der Waals surface area contributed by atoms with Gasteiger partial charge in [-0.3, -0.25) is 9.48 Å². The highest BCUT2D eigenvalue weighted by molar-refractivity contribution is 5.69. The molecule has 35 heavy (non-hydrogen) atoms. The SMILES string of the molecule is C#Cc1ccc(Nc2nccc(Oc3c(C)cc(-c4cn(CCC(=O)OC)nn4)cc3C)n2)cc1. The van der Waals surface area contributed by atoms with Crippen LogP contribution >= 0.6 is 0 Å². The predicted octanol–water partition coefficient (Wildman–Crippen LogP) is 4.43. The van der Waals surface area contributed by atoms with Crippen molar-refractivity contribution >= 4 is 17.6 Å². The molecular weight excluding hydrogens is 444 g/mol. The molecule has 9 nitrogen and oxygen atoms in total. The largest absolute Gasteiger partial charge is 0.469 e. The molecule has 176 valence electrons. The molecule has 4 aromatic rings. The number of carbonyl (C=O) groups excluding carboxylic acids is 1. The molecule has 0 fully saturated rings. The van der Waals surface area contributed by atoms with Crippen LogP contribution < -0.4 is 10.1 Å². The summed E-state index contributed by atoms with van der Waals surface area (Å²) in [6.45, 7) is 4.32. The molecule has 1 N–H and O–H groups in total. The maximum atomic E-state index is 11.4. The minimum atomic E-state index is -0.292. The third kappa shape index (κ3) is 5.81. The summed E-state index contributed by atoms with van der Waals surface area (Å²) in [6.07, 6.45) is 9.07. The normalized spacial score (nSPS) is 10.5. The fourth-order valence-electron chi connectivity index (χ4n) is 3.45. The fraction of sp³-hybridized carbons (Fsp3) is 0.192. The molecule has 0 radical (unpaired) electrons. The molecule has 2 aromatic carbocycles. The van der Waals surface area contributed by atoms with Gasteiger partial charge in [-0.1, -0.05) is 11.1 Å². The standard InChI is InChI=1S/C26H24N6O3/c1-5-19-6-8-21(9-7-19)28-26-27-12-10-23(29-26)35-25-17(2)14-20(15-18(25)3)22-16-32(31-30-22)13-11-24(33)34-4/h1,6-10,12,14-16H,11,13H2,2-4H3,(H,27,28,29). The molecule has 0 spiro atoms. The first-order valence-corrected chi connectivity index (χ1v) is 10.9. The highest BCUT2D eigenvalue weighted by Crippen LogP contribution is 2.32. The predicted molar refractivity (Wildman–Crippen MR) is 131 cm³/mol. The summed E-state index contributed by atoms with van der Waals surface area (Å²) in [5.41, 5.74) is 5.06. The highest BCUT2D eigenvalue weighted by atomic mass is 16.5. The zero-order chi connectivity index (χ0) is 24.8. The Balaban J connectivity index is 1.48. The molecule has 0 amide bonds. The van der Waals surface area contributed by atoms with Gasteiger partial charge in [0.1, 0.15) is 11.4 Å². The van der Waals surface area contributed by atoms with E-state index in [0.29, 0.717) is 29.8 Å². The van der Waals surface area contributed by atoms with Crippen molar-refractivity contribution in [1.29, 1.82) is 0 Å². The lowest BCUT2D eigenvalue weighted by molar-refractivity contribution is -0.140. The average molecular weight is 469 g/mol. The van der Waals surface area contributed by atoms with Crippen molar-refractivity contribution in [1.82, 2.24) is 25.0 Å². The highest BCUT2D eigenvalue weighted by Gasteiger charge is 2.13. The Morgan fingerprint density at radius 2 is 1.89 bits per heavy atom. The average Bonchev–Trinajstić information content (AvgIpc) is 3.34. The summed E-state index contributed by atoms with van der Waals surface area (Å²) < 4.78 is 12.4. The van der Waals surface area contributed by atoms with Crippen molar-refractivity contribution in [3.8, 4) is 35.2 Å². The zero-order valence-electron chi connectivity index (χ0n) is 19.6. The Kier molecular flexibility index (Phi) is 7.02. The van der Waals surface area contributed by atoms with E-state index in [4.69, 9.17) is 11.2 Å². The van der Waals surface area contributed by atoms with E-state index < -0.39 is 0 Å². The molecule has 4 rings (SSSR count). The van der Waals surface area contributed by atoms with E-state index in [9.17, 15) is 4.79 Å². The monoisotopic (exact) mass is 468 g/mol. The maximum absolute atomic E-state index is 11.4. The van der Waals surface area contributed by atoms with Gasteiger partial charge in [-0.05, 0) is 61.4 Å². The number of hydrogen-bond acceptors (Lipinski definition) is 8. The van der Waals surface area contributed by atoms with Gasteiger partial charge >= 0.3 is 5.97 Å². The van der Waals surface area contributed by atoms with Gasteiger partial charge in [0.25, 0.3) is 0 Å². The van der Waals surface area contributed by atoms with Gasteiger partial charge in [0.15, 0.2) is 0 Å². The minimum Gasteiger partial charge on any atom is -0.469 e. The summed E-state index contributed by atoms with van der Waals surface area (Å²) in [5.74, 6) is 3.82. The van der Waals surface area contributed by atoms with Crippen LogP contribution in [0, 0.1) is 26.2 Å². The van der Waals surface area contributed by atoms with Crippen molar-refractivity contribution in [2.45, 2.75) is 26.8 Å². The van der Waals surface area contributed by atoms with Crippen LogP contribution in [0.2, 0.25) is 0 Å². The number of terminal acetylenes is 1. The summed E-state index contributed by atoms with van der Waals surface area (Å²) in [7, 11) is 1.36. The first kappa shape index (κ1) is 23.4. The number of methoxy groups -OCH3 is 1. The quantitative estimate of drug-likeness (QED) is 0.299. The minimum absolute atomic E-state index is 0.232. The Morgan fingerprint density at radius 1 is 1.14 bits per heavy atom. The Morgan fingerprint density at radius 3 is 2.57 bits per heavy atom. The smallest absolute Gasteiger partial charge is 0.307 e. The number of nitrogens with one attached hydrogen (secondary N) is 1. The Hall–Kier alpha value is -4.71. The molecule has 0 saturated heterocycles. The van der Waals surface area contributed by atoms with Crippen molar-refractivity contribution in [2.24, 2.45) is 0 Å². The number of esters is 1. The van der Waals surface area contributed by atoms with E-state index in [1.807, 2.05) is 50.2 Å². The summed E-state index contributed by atoms with van der Waals surface area (Å²) >= 11 is 0. The van der Waals surface area contributed by atoms with Crippen LogP contribution in [0.3, 0.4) is 0 Å². The van der Waals surface area contributed by atoms with Gasteiger partial charge in [-0.15, -0.1) is 11.5 Å². The molecule has 0 unspecified atom stereocenters. The maximum Gasteiger partial charge on any atom is 0.307 e. The van der Waals surface area contributed by atoms with Crippen LogP contribution in [0.15, 0.2) is 54.9 Å². The van der Waals surface area contributed by atoms with Crippen molar-refractivity contribution in [3.05, 3.63) is 71.5 Å². The molecule has 0 aliphatic rings. The second-order valence-corrected chi connectivity index (χ2v) is 7.80. The summed E-state index contributed by atoms with van der Waals surface area (Å²) in [6, 6.07) is 13.1. The zero-order valence-corrected chi connectivity index (χ0v) is 19.6. The molecule has 9 heteroatoms. The molecule has 0 aliphatic heterocycles. The van der Waals surface area contributed by atoms with Gasteiger partial charge in [-0.2, -0.15) is 4.98 Å². The number of hydrogen-bond donors (Lipinski definition) is 1. The lowest BCUT2D eigenvalue weighted by Crippen LogP contribution is -2.07. The molecule has 0 atom stereocenters. The molecule has 2 aromatic heterocycles. The van der Waals surface area contributed by atoms with Gasteiger partial charge < -0.3 is 14.8 Å². The van der Waals surface area contributed by atoms with Crippen molar-refractivity contribution in [3.63, 3.8) is 0 Å². The van der Waals surface area contributed by atoms with Crippen LogP contribution in [0.5, 0.6) is 11.6 Å². The number of rotatable bonds is 8. The van der Waals surface area contributed by atoms with E-state index in [1.165, 1.54) is 7.11 Å². The van der Waals surface area contributed by atoms with E-state index in [-0.39, 0.29) is 12.4 Å². The van der Waals surface area contributed by atoms with Gasteiger partial charge in [0.2, 0.25) is 11.8 Å². The van der Waals surface area contributed by atoms with E-state index >= 15 is 0 Å². The summed E-state index contributed by atoms with van der Waals surface area (Å²) in [4.78, 5) is 20.1. The fourth-order valence-corrected chi connectivity index (χ4v) is 3.45. The molecule has 0 saturated carbocycles. The first-order valence-electron chi connectivity index (χ1n) is 10.9. The van der Waals surface area contributed by atoms with Gasteiger partial charge in [-0.25, -0.2) is 4.98 Å². The second kappa shape index (κ2) is 10.5. The lowest BCUT2D eigenvalue weighted by Gasteiger charge is -2.13. The number of nitrogens with zero attached hydrogens (tertiary/aromatic N) is 5. The Bertz CT molecular complexity index is 1370. The third-order valence-electron chi connectivity index (χ3n) is 5.21. The van der Waals surface area contributed by atoms with Crippen LogP contribution in [-0.4, -0.2) is 38.0 Å². The first-order chi connectivity index (χ1) is 16.9. The number of anilines is 2. The molecular formula is C26H24N6O3. The third-order valence-corrected chi connectivity index (χ3v) is 5.21. The molecule has 2 heterocycles. The summed E-state index contributed by atoms with van der Waals surface area (Å²) in [5, 5.41) is 11.5. The Labute approximate surface area is 203 Å². The van der Waals surface area contributed by atoms with E-state index in [2.05, 4.69) is 36.3 Å². The van der Waals surface area contributed by atoms with Crippen LogP contribution in [-0.2, 0) is 16.1 Å². The molecule has 0 aliphatic carbocycles. The number of aromatic nitrogens is 5. The number of aryl methyl sites for hydroxylation is 3. The van der Waals surface area contributed by atoms with E-state index in [0.717, 1.165) is 27.9 Å². The van der Waals surface area contributed by atoms with Gasteiger partial charge in [0.05, 0.1) is 26.3 Å². The lowest BCUT2D eigenvalue weighted by atomic mass is 10.0. The number of benzene rings is 2. The number of ether oxygens (including phenoxy) is 2. The van der Waals surface area contributed by atoms with E-state index in [1.54, 1.807) is 23.1 Å². The number of carbonyl (C=O) groups is 1. The van der Waals surface area contributed by atoms with Crippen molar-refractivity contribution < 1.29 is 14.3 Å². The van der Waals surface area contributed by atoms with Crippen molar-refractivity contribution in [2.75, 3.05) is 12.4 Å². The topological polar surface area (TPSA) is 104 Å². The van der Waals surface area contributed by atoms with Crippen LogP contribution in [0.1, 0.15) is 23.1 Å². The van der Waals surface area contributed by atoms with Crippen LogP contribution in [0.4, 0.5) is 11.6 Å². The second-order valence-electron chi connectivity index (χ2n) is 7.80. The van der Waals surface area contributed by atoms with Gasteiger partial charge in [0, 0.05) is 29.1 Å².